The third-order valence-corrected chi connectivity index (χ3v) is 15.8. The zero-order chi connectivity index (χ0) is 54.3. The summed E-state index contributed by atoms with van der Waals surface area (Å²) in [5.41, 5.74) is 0. The normalized spacial score (nSPS) is 12.0. The fourth-order valence-corrected chi connectivity index (χ4v) is 10.6. The van der Waals surface area contributed by atoms with E-state index < -0.39 is 6.10 Å². The number of ether oxygens (including phenoxy) is 3. The molecule has 0 bridgehead atoms. The Morgan fingerprint density at radius 2 is 0.440 bits per heavy atom. The number of carbonyl (C=O) groups is 3. The van der Waals surface area contributed by atoms with Crippen LogP contribution in [0.1, 0.15) is 393 Å². The first kappa shape index (κ1) is 73.2. The molecule has 0 radical (unpaired) electrons. The highest BCUT2D eigenvalue weighted by atomic mass is 16.6. The van der Waals surface area contributed by atoms with Gasteiger partial charge >= 0.3 is 17.9 Å². The zero-order valence-electron chi connectivity index (χ0n) is 51.1. The topological polar surface area (TPSA) is 78.9 Å². The van der Waals surface area contributed by atoms with Crippen molar-refractivity contribution in [3.63, 3.8) is 0 Å². The molecule has 75 heavy (non-hydrogen) atoms. The Morgan fingerprint density at radius 3 is 0.693 bits per heavy atom. The summed E-state index contributed by atoms with van der Waals surface area (Å²) < 4.78 is 17.0. The van der Waals surface area contributed by atoms with E-state index in [0.29, 0.717) is 19.3 Å². The molecule has 0 heterocycles. The number of hydrogen-bond acceptors (Lipinski definition) is 6. The predicted molar refractivity (Wildman–Crippen MR) is 326 cm³/mol. The van der Waals surface area contributed by atoms with Crippen molar-refractivity contribution in [2.45, 2.75) is 399 Å². The van der Waals surface area contributed by atoms with Crippen LogP contribution in [0.2, 0.25) is 0 Å². The van der Waals surface area contributed by atoms with Crippen LogP contribution in [0.15, 0.2) is 12.2 Å². The summed E-state index contributed by atoms with van der Waals surface area (Å²) in [5, 5.41) is 0. The largest absolute Gasteiger partial charge is 0.462 e. The Kier molecular flexibility index (Phi) is 63.1. The van der Waals surface area contributed by atoms with Crippen molar-refractivity contribution in [1.29, 1.82) is 0 Å². The number of hydrogen-bond donors (Lipinski definition) is 0. The highest BCUT2D eigenvalue weighted by Crippen LogP contribution is 2.19. The van der Waals surface area contributed by atoms with E-state index >= 15 is 0 Å². The Balaban J connectivity index is 4.15. The zero-order valence-corrected chi connectivity index (χ0v) is 51.1. The molecule has 0 rings (SSSR count). The molecule has 0 aromatic heterocycles. The van der Waals surface area contributed by atoms with Gasteiger partial charge in [-0.2, -0.15) is 0 Å². The second-order valence-electron chi connectivity index (χ2n) is 23.5. The maximum Gasteiger partial charge on any atom is 0.306 e. The molecule has 0 saturated carbocycles. The van der Waals surface area contributed by atoms with Gasteiger partial charge < -0.3 is 14.2 Å². The van der Waals surface area contributed by atoms with E-state index in [-0.39, 0.29) is 31.1 Å². The number of rotatable bonds is 64. The molecular weight excluding hydrogens is 925 g/mol. The number of unbranched alkanes of at least 4 members (excludes halogenated alkanes) is 51. The lowest BCUT2D eigenvalue weighted by atomic mass is 10.0. The van der Waals surface area contributed by atoms with E-state index in [9.17, 15) is 14.4 Å². The lowest BCUT2D eigenvalue weighted by Gasteiger charge is -2.18. The minimum Gasteiger partial charge on any atom is -0.462 e. The van der Waals surface area contributed by atoms with Crippen molar-refractivity contribution in [3.8, 4) is 0 Å². The average Bonchev–Trinajstić information content (AvgIpc) is 3.41. The molecule has 0 aliphatic carbocycles. The predicted octanol–water partition coefficient (Wildman–Crippen LogP) is 23.2. The molecule has 6 nitrogen and oxygen atoms in total. The Bertz CT molecular complexity index is 1170. The quantitative estimate of drug-likeness (QED) is 0.0261. The van der Waals surface area contributed by atoms with Crippen LogP contribution in [0, 0.1) is 0 Å². The first-order valence-electron chi connectivity index (χ1n) is 34.2. The van der Waals surface area contributed by atoms with Gasteiger partial charge in [0.15, 0.2) is 6.10 Å². The fourth-order valence-electron chi connectivity index (χ4n) is 10.6. The van der Waals surface area contributed by atoms with Gasteiger partial charge in [0.2, 0.25) is 0 Å². The van der Waals surface area contributed by atoms with Crippen molar-refractivity contribution in [3.05, 3.63) is 12.2 Å². The molecule has 0 aromatic rings. The number of esters is 3. The summed E-state index contributed by atoms with van der Waals surface area (Å²) in [4.78, 5) is 38.3. The molecule has 1 unspecified atom stereocenters. The number of allylic oxidation sites excluding steroid dienone is 2. The van der Waals surface area contributed by atoms with Crippen LogP contribution in [0.3, 0.4) is 0 Å². The van der Waals surface area contributed by atoms with Crippen molar-refractivity contribution in [1.82, 2.24) is 0 Å². The van der Waals surface area contributed by atoms with E-state index in [1.165, 1.54) is 289 Å². The molecule has 6 heteroatoms. The average molecular weight is 1060 g/mol. The maximum atomic E-state index is 12.9. The summed E-state index contributed by atoms with van der Waals surface area (Å²) in [5.74, 6) is -0.843. The summed E-state index contributed by atoms with van der Waals surface area (Å²) in [6, 6.07) is 0. The lowest BCUT2D eigenvalue weighted by Crippen LogP contribution is -2.30. The van der Waals surface area contributed by atoms with Gasteiger partial charge in [-0.05, 0) is 44.9 Å². The molecule has 0 aliphatic rings. The van der Waals surface area contributed by atoms with Gasteiger partial charge in [0, 0.05) is 19.3 Å². The Hall–Kier alpha value is -1.85. The molecule has 0 N–H and O–H groups in total. The van der Waals surface area contributed by atoms with Crippen molar-refractivity contribution in [2.75, 3.05) is 13.2 Å². The van der Waals surface area contributed by atoms with Crippen LogP contribution in [-0.4, -0.2) is 37.2 Å². The molecule has 0 aliphatic heterocycles. The third kappa shape index (κ3) is 62.9. The third-order valence-electron chi connectivity index (χ3n) is 15.8. The van der Waals surface area contributed by atoms with E-state index in [2.05, 4.69) is 32.9 Å². The van der Waals surface area contributed by atoms with Crippen molar-refractivity contribution in [2.24, 2.45) is 0 Å². The molecule has 0 saturated heterocycles. The summed E-state index contributed by atoms with van der Waals surface area (Å²) >= 11 is 0. The Labute approximate surface area is 469 Å². The van der Waals surface area contributed by atoms with Gasteiger partial charge in [0.05, 0.1) is 0 Å². The van der Waals surface area contributed by atoms with E-state index in [1.54, 1.807) is 0 Å². The first-order chi connectivity index (χ1) is 37.0. The van der Waals surface area contributed by atoms with Gasteiger partial charge in [0.25, 0.3) is 0 Å². The highest BCUT2D eigenvalue weighted by Gasteiger charge is 2.19. The molecule has 1 atom stereocenters. The smallest absolute Gasteiger partial charge is 0.306 e. The molecular formula is C69H132O6. The second-order valence-corrected chi connectivity index (χ2v) is 23.5. The number of carbonyl (C=O) groups excluding carboxylic acids is 3. The minimum absolute atomic E-state index is 0.0659. The summed E-state index contributed by atoms with van der Waals surface area (Å²) in [7, 11) is 0. The monoisotopic (exact) mass is 1060 g/mol. The van der Waals surface area contributed by atoms with Crippen LogP contribution in [0.4, 0.5) is 0 Å². The maximum absolute atomic E-state index is 12.9. The summed E-state index contributed by atoms with van der Waals surface area (Å²) in [6.07, 6.45) is 76.7. The van der Waals surface area contributed by atoms with E-state index in [0.717, 1.165) is 64.2 Å². The fraction of sp³-hybridized carbons (Fsp3) is 0.928. The van der Waals surface area contributed by atoms with E-state index in [4.69, 9.17) is 14.2 Å². The second kappa shape index (κ2) is 64.7. The highest BCUT2D eigenvalue weighted by molar-refractivity contribution is 5.71. The molecule has 0 fully saturated rings. The first-order valence-corrected chi connectivity index (χ1v) is 34.2. The molecule has 444 valence electrons. The van der Waals surface area contributed by atoms with Gasteiger partial charge in [-0.3, -0.25) is 14.4 Å². The van der Waals surface area contributed by atoms with Gasteiger partial charge in [-0.15, -0.1) is 0 Å². The van der Waals surface area contributed by atoms with Gasteiger partial charge in [-0.1, -0.05) is 341 Å². The standard InChI is InChI=1S/C69H132O6/c1-4-7-10-13-16-19-22-25-27-29-31-32-33-34-35-36-37-38-39-41-42-44-47-50-53-56-59-62-68(71)74-65-66(64-73-67(70)61-58-55-52-49-46-24-21-18-15-12-9-6-3)75-69(72)63-60-57-54-51-48-45-43-40-30-28-26-23-20-17-14-11-8-5-2/h18,21,66H,4-17,19-20,22-65H2,1-3H3/b21-18-. The van der Waals surface area contributed by atoms with Crippen LogP contribution in [0.5, 0.6) is 0 Å². The SMILES string of the molecule is CCCCC/C=C\CCCCCCCC(=O)OCC(COC(=O)CCCCCCCCCCCCCCCCCCCCCCCCCCCCC)OC(=O)CCCCCCCCCCCCCCCCCCCC. The van der Waals surface area contributed by atoms with Crippen LogP contribution in [0.25, 0.3) is 0 Å². The van der Waals surface area contributed by atoms with Crippen LogP contribution in [-0.2, 0) is 28.6 Å². The minimum atomic E-state index is -0.769. The molecule has 0 aromatic carbocycles. The molecule has 0 spiro atoms. The lowest BCUT2D eigenvalue weighted by molar-refractivity contribution is -0.167. The van der Waals surface area contributed by atoms with Gasteiger partial charge in [0.1, 0.15) is 13.2 Å². The Morgan fingerprint density at radius 1 is 0.253 bits per heavy atom. The summed E-state index contributed by atoms with van der Waals surface area (Å²) in [6.45, 7) is 6.69. The van der Waals surface area contributed by atoms with Crippen molar-refractivity contribution < 1.29 is 28.6 Å². The van der Waals surface area contributed by atoms with Gasteiger partial charge in [-0.25, -0.2) is 0 Å². The van der Waals surface area contributed by atoms with E-state index in [1.807, 2.05) is 0 Å². The van der Waals surface area contributed by atoms with Crippen molar-refractivity contribution >= 4 is 17.9 Å². The van der Waals surface area contributed by atoms with Crippen LogP contribution < -0.4 is 0 Å². The molecule has 0 amide bonds. The van der Waals surface area contributed by atoms with Crippen LogP contribution >= 0.6 is 0 Å².